The molecule has 0 spiro atoms. The van der Waals surface area contributed by atoms with Crippen LogP contribution < -0.4 is 5.73 Å². The minimum Gasteiger partial charge on any atom is -0.481 e. The summed E-state index contributed by atoms with van der Waals surface area (Å²) in [7, 11) is -0.747. The van der Waals surface area contributed by atoms with E-state index < -0.39 is 53.3 Å². The lowest BCUT2D eigenvalue weighted by Gasteiger charge is -2.17. The minimum absolute atomic E-state index is 0.0105. The SMILES string of the molecule is CCOC(=O)C[S+](C[C@H](C)C(=O)O)C[C@H]1O[C@@H](n2cnc3c(N)ncnc32)C(O)[C@H]1O. The molecule has 2 aromatic rings. The molecule has 0 radical (unpaired) electrons. The molecule has 2 unspecified atom stereocenters. The van der Waals surface area contributed by atoms with Crippen molar-refractivity contribution in [3.05, 3.63) is 12.7 Å². The molecule has 1 saturated heterocycles. The highest BCUT2D eigenvalue weighted by Gasteiger charge is 2.48. The van der Waals surface area contributed by atoms with E-state index in [4.69, 9.17) is 15.2 Å². The Hall–Kier alpha value is -2.48. The molecule has 5 N–H and O–H groups in total. The number of aliphatic hydroxyl groups excluding tert-OH is 2. The molecule has 0 saturated carbocycles. The van der Waals surface area contributed by atoms with Crippen molar-refractivity contribution in [2.45, 2.75) is 38.4 Å². The van der Waals surface area contributed by atoms with Gasteiger partial charge in [-0.3, -0.25) is 9.36 Å². The average molecular weight is 457 g/mol. The van der Waals surface area contributed by atoms with E-state index in [1.54, 1.807) is 13.8 Å². The van der Waals surface area contributed by atoms with Crippen LogP contribution in [0.5, 0.6) is 0 Å². The fourth-order valence-corrected chi connectivity index (χ4v) is 5.74. The van der Waals surface area contributed by atoms with Gasteiger partial charge >= 0.3 is 11.9 Å². The van der Waals surface area contributed by atoms with Gasteiger partial charge in [-0.2, -0.15) is 0 Å². The van der Waals surface area contributed by atoms with Crippen LogP contribution in [0.15, 0.2) is 12.7 Å². The predicted octanol–water partition coefficient (Wildman–Crippen LogP) is -1.07. The number of carboxylic acids is 1. The number of esters is 1. The van der Waals surface area contributed by atoms with Crippen LogP contribution in [-0.2, 0) is 30.0 Å². The number of aliphatic hydroxyl groups is 2. The van der Waals surface area contributed by atoms with Crippen LogP contribution in [0, 0.1) is 5.92 Å². The highest BCUT2D eigenvalue weighted by molar-refractivity contribution is 7.97. The molecule has 1 fully saturated rings. The van der Waals surface area contributed by atoms with Gasteiger partial charge in [0.1, 0.15) is 41.7 Å². The maximum atomic E-state index is 12.0. The molecule has 0 amide bonds. The van der Waals surface area contributed by atoms with Crippen molar-refractivity contribution in [1.82, 2.24) is 19.5 Å². The van der Waals surface area contributed by atoms with Crippen LogP contribution in [-0.4, -0.2) is 89.0 Å². The average Bonchev–Trinajstić information content (AvgIpc) is 3.25. The van der Waals surface area contributed by atoms with Crippen molar-refractivity contribution in [1.29, 1.82) is 0 Å². The standard InChI is InChI=1S/C18H25N5O7S/c1-3-29-11(24)6-31(4-9(2)18(27)28)5-10-13(25)14(26)17(30-10)23-8-22-12-15(19)20-7-21-16(12)23/h7-10,13-14,17,25-26H,3-6H2,1-2H3,(H2-,19,20,21,27,28)/p+1/t9-,10+,13-,14?,17+,31?/m0/s1. The number of fused-ring (bicyclic) bond motifs is 1. The van der Waals surface area contributed by atoms with E-state index in [2.05, 4.69) is 15.0 Å². The molecule has 2 aromatic heterocycles. The van der Waals surface area contributed by atoms with Crippen LogP contribution in [0.1, 0.15) is 20.1 Å². The summed E-state index contributed by atoms with van der Waals surface area (Å²) < 4.78 is 12.4. The smallest absolute Gasteiger partial charge is 0.356 e. The number of carboxylic acid groups (broad SMARTS) is 1. The molecule has 3 rings (SSSR count). The van der Waals surface area contributed by atoms with E-state index in [1.165, 1.54) is 17.2 Å². The van der Waals surface area contributed by atoms with Gasteiger partial charge in [0.15, 0.2) is 17.7 Å². The van der Waals surface area contributed by atoms with Crippen LogP contribution in [0.4, 0.5) is 5.82 Å². The predicted molar refractivity (Wildman–Crippen MR) is 111 cm³/mol. The number of nitrogen functional groups attached to an aromatic ring is 1. The molecular formula is C18H26N5O7S+. The summed E-state index contributed by atoms with van der Waals surface area (Å²) in [4.78, 5) is 35.4. The summed E-state index contributed by atoms with van der Waals surface area (Å²) in [5.41, 5.74) is 6.48. The van der Waals surface area contributed by atoms with E-state index in [0.717, 1.165) is 0 Å². The molecule has 170 valence electrons. The number of carbonyl (C=O) groups excluding carboxylic acids is 1. The van der Waals surface area contributed by atoms with E-state index in [0.29, 0.717) is 11.2 Å². The third-order valence-electron chi connectivity index (χ3n) is 4.93. The van der Waals surface area contributed by atoms with Gasteiger partial charge in [-0.15, -0.1) is 0 Å². The number of hydrogen-bond donors (Lipinski definition) is 4. The number of anilines is 1. The molecule has 12 nitrogen and oxygen atoms in total. The van der Waals surface area contributed by atoms with Crippen molar-refractivity contribution in [2.24, 2.45) is 5.92 Å². The van der Waals surface area contributed by atoms with E-state index in [-0.39, 0.29) is 29.7 Å². The number of imidazole rings is 1. The number of aromatic nitrogens is 4. The van der Waals surface area contributed by atoms with Gasteiger partial charge in [0.05, 0.1) is 18.9 Å². The highest BCUT2D eigenvalue weighted by Crippen LogP contribution is 2.33. The van der Waals surface area contributed by atoms with Crippen molar-refractivity contribution in [3.8, 4) is 0 Å². The largest absolute Gasteiger partial charge is 0.481 e. The quantitative estimate of drug-likeness (QED) is 0.266. The first-order valence-corrected chi connectivity index (χ1v) is 11.4. The zero-order chi connectivity index (χ0) is 22.7. The molecule has 0 aliphatic carbocycles. The molecule has 3 heterocycles. The second kappa shape index (κ2) is 9.77. The number of hydrogen-bond acceptors (Lipinski definition) is 10. The summed E-state index contributed by atoms with van der Waals surface area (Å²) in [5, 5.41) is 30.4. The summed E-state index contributed by atoms with van der Waals surface area (Å²) >= 11 is 0. The van der Waals surface area contributed by atoms with Gasteiger partial charge < -0.3 is 30.5 Å². The van der Waals surface area contributed by atoms with Crippen molar-refractivity contribution < 1.29 is 34.4 Å². The Morgan fingerprint density at radius 2 is 2.06 bits per heavy atom. The zero-order valence-corrected chi connectivity index (χ0v) is 17.9. The van der Waals surface area contributed by atoms with Gasteiger partial charge in [-0.1, -0.05) is 0 Å². The highest BCUT2D eigenvalue weighted by atomic mass is 32.2. The Bertz CT molecular complexity index is 941. The molecule has 13 heteroatoms. The Labute approximate surface area is 180 Å². The maximum Gasteiger partial charge on any atom is 0.356 e. The van der Waals surface area contributed by atoms with Crippen LogP contribution in [0.25, 0.3) is 11.2 Å². The molecule has 1 aliphatic rings. The van der Waals surface area contributed by atoms with Gasteiger partial charge in [-0.05, 0) is 13.8 Å². The van der Waals surface area contributed by atoms with Crippen LogP contribution in [0.2, 0.25) is 0 Å². The van der Waals surface area contributed by atoms with Gasteiger partial charge in [0.25, 0.3) is 0 Å². The summed E-state index contributed by atoms with van der Waals surface area (Å²) in [5.74, 6) is -1.51. The van der Waals surface area contributed by atoms with E-state index in [9.17, 15) is 24.9 Å². The van der Waals surface area contributed by atoms with Crippen LogP contribution >= 0.6 is 0 Å². The molecule has 0 aromatic carbocycles. The number of carbonyl (C=O) groups is 2. The zero-order valence-electron chi connectivity index (χ0n) is 17.1. The number of aliphatic carboxylic acids is 1. The maximum absolute atomic E-state index is 12.0. The fraction of sp³-hybridized carbons (Fsp3) is 0.611. The summed E-state index contributed by atoms with van der Waals surface area (Å²) in [6.07, 6.45) is -1.69. The first-order chi connectivity index (χ1) is 14.7. The summed E-state index contributed by atoms with van der Waals surface area (Å²) in [6, 6.07) is 0. The van der Waals surface area contributed by atoms with Gasteiger partial charge in [0, 0.05) is 10.9 Å². The third-order valence-corrected chi connectivity index (χ3v) is 7.35. The van der Waals surface area contributed by atoms with Gasteiger partial charge in [0.2, 0.25) is 5.75 Å². The van der Waals surface area contributed by atoms with Crippen molar-refractivity contribution in [3.63, 3.8) is 0 Å². The molecule has 1 aliphatic heterocycles. The minimum atomic E-state index is -1.29. The lowest BCUT2D eigenvalue weighted by molar-refractivity contribution is -0.141. The number of nitrogens with zero attached hydrogens (tertiary/aromatic N) is 4. The molecule has 31 heavy (non-hydrogen) atoms. The molecule has 0 bridgehead atoms. The van der Waals surface area contributed by atoms with E-state index in [1.807, 2.05) is 0 Å². The monoisotopic (exact) mass is 456 g/mol. The lowest BCUT2D eigenvalue weighted by atomic mass is 10.1. The Morgan fingerprint density at radius 1 is 1.32 bits per heavy atom. The van der Waals surface area contributed by atoms with Gasteiger partial charge in [-0.25, -0.2) is 19.7 Å². The Balaban J connectivity index is 1.78. The number of rotatable bonds is 9. The fourth-order valence-electron chi connectivity index (χ4n) is 3.37. The van der Waals surface area contributed by atoms with Crippen molar-refractivity contribution in [2.75, 3.05) is 29.6 Å². The first kappa shape index (κ1) is 23.2. The van der Waals surface area contributed by atoms with E-state index >= 15 is 0 Å². The second-order valence-electron chi connectivity index (χ2n) is 7.26. The third kappa shape index (κ3) is 5.06. The lowest BCUT2D eigenvalue weighted by Crippen LogP contribution is -2.39. The first-order valence-electron chi connectivity index (χ1n) is 9.70. The van der Waals surface area contributed by atoms with Crippen molar-refractivity contribution >= 4 is 39.8 Å². The molecule has 6 atom stereocenters. The topological polar surface area (TPSA) is 183 Å². The Kier molecular flexibility index (Phi) is 7.30. The normalized spacial score (nSPS) is 25.4. The number of ether oxygens (including phenoxy) is 2. The summed E-state index contributed by atoms with van der Waals surface area (Å²) in [6.45, 7) is 3.46. The number of nitrogens with two attached hydrogens (primary N) is 1. The molecular weight excluding hydrogens is 430 g/mol. The van der Waals surface area contributed by atoms with Crippen LogP contribution in [0.3, 0.4) is 0 Å². The Morgan fingerprint density at radius 3 is 2.74 bits per heavy atom. The second-order valence-corrected chi connectivity index (χ2v) is 9.44.